The normalized spacial score (nSPS) is 28.5. The van der Waals surface area contributed by atoms with Crippen molar-refractivity contribution in [2.45, 2.75) is 71.9 Å². The molecule has 1 saturated carbocycles. The van der Waals surface area contributed by atoms with E-state index in [0.29, 0.717) is 17.6 Å². The molecule has 0 saturated heterocycles. The van der Waals surface area contributed by atoms with Gasteiger partial charge < -0.3 is 10.1 Å². The number of rotatable bonds is 7. The number of nitrogens with one attached hydrogen (secondary N) is 1. The molecule has 2 nitrogen and oxygen atoms in total. The van der Waals surface area contributed by atoms with Crippen LogP contribution in [0.5, 0.6) is 0 Å². The Morgan fingerprint density at radius 1 is 1.25 bits per heavy atom. The van der Waals surface area contributed by atoms with Crippen molar-refractivity contribution in [2.24, 2.45) is 5.41 Å². The lowest BCUT2D eigenvalue weighted by Crippen LogP contribution is -2.45. The molecule has 2 heteroatoms. The monoisotopic (exact) mass is 227 g/mol. The zero-order valence-electron chi connectivity index (χ0n) is 11.5. The summed E-state index contributed by atoms with van der Waals surface area (Å²) in [6.07, 6.45) is 6.56. The van der Waals surface area contributed by atoms with Crippen molar-refractivity contribution >= 4 is 0 Å². The third kappa shape index (κ3) is 3.74. The maximum atomic E-state index is 6.03. The minimum absolute atomic E-state index is 0.395. The summed E-state index contributed by atoms with van der Waals surface area (Å²) in [7, 11) is 0. The summed E-state index contributed by atoms with van der Waals surface area (Å²) in [5.41, 5.74) is 0.395. The quantitative estimate of drug-likeness (QED) is 0.673. The highest BCUT2D eigenvalue weighted by molar-refractivity contribution is 4.97. The average Bonchev–Trinajstić information content (AvgIpc) is 2.52. The van der Waals surface area contributed by atoms with Crippen LogP contribution in [0.1, 0.15) is 59.8 Å². The number of hydrogen-bond donors (Lipinski definition) is 1. The highest BCUT2D eigenvalue weighted by Crippen LogP contribution is 2.39. The van der Waals surface area contributed by atoms with Crippen molar-refractivity contribution in [1.29, 1.82) is 0 Å². The van der Waals surface area contributed by atoms with Gasteiger partial charge in [-0.1, -0.05) is 34.1 Å². The molecule has 1 rings (SSSR count). The van der Waals surface area contributed by atoms with Crippen molar-refractivity contribution in [3.05, 3.63) is 0 Å². The van der Waals surface area contributed by atoms with Gasteiger partial charge in [-0.25, -0.2) is 0 Å². The van der Waals surface area contributed by atoms with Gasteiger partial charge in [-0.15, -0.1) is 0 Å². The lowest BCUT2D eigenvalue weighted by atomic mass is 9.87. The predicted molar refractivity (Wildman–Crippen MR) is 69.7 cm³/mol. The zero-order valence-corrected chi connectivity index (χ0v) is 11.5. The lowest BCUT2D eigenvalue weighted by Gasteiger charge is -2.31. The molecule has 1 aliphatic rings. The standard InChI is InChI=1S/C14H29NO/c1-5-7-11-16-12-8-9-14(3,4)13(12)15-10-6-2/h12-13,15H,5-11H2,1-4H3. The van der Waals surface area contributed by atoms with Crippen LogP contribution in [-0.2, 0) is 4.74 Å². The molecule has 2 atom stereocenters. The average molecular weight is 227 g/mol. The third-order valence-corrected chi connectivity index (χ3v) is 3.73. The fourth-order valence-corrected chi connectivity index (χ4v) is 2.61. The maximum Gasteiger partial charge on any atom is 0.0733 e. The Balaban J connectivity index is 2.42. The van der Waals surface area contributed by atoms with Crippen LogP contribution in [0.2, 0.25) is 0 Å². The topological polar surface area (TPSA) is 21.3 Å². The van der Waals surface area contributed by atoms with Crippen molar-refractivity contribution in [3.63, 3.8) is 0 Å². The summed E-state index contributed by atoms with van der Waals surface area (Å²) in [5, 5.41) is 3.67. The third-order valence-electron chi connectivity index (χ3n) is 3.73. The Bertz CT molecular complexity index is 191. The number of hydrogen-bond acceptors (Lipinski definition) is 2. The van der Waals surface area contributed by atoms with E-state index in [-0.39, 0.29) is 0 Å². The molecule has 1 N–H and O–H groups in total. The molecule has 0 radical (unpaired) electrons. The van der Waals surface area contributed by atoms with Crippen molar-refractivity contribution in [3.8, 4) is 0 Å². The van der Waals surface area contributed by atoms with Crippen LogP contribution in [0.25, 0.3) is 0 Å². The molecule has 1 aliphatic carbocycles. The van der Waals surface area contributed by atoms with Crippen LogP contribution in [-0.4, -0.2) is 25.3 Å². The fourth-order valence-electron chi connectivity index (χ4n) is 2.61. The first-order valence-corrected chi connectivity index (χ1v) is 6.96. The molecule has 0 aromatic rings. The molecule has 1 fully saturated rings. The van der Waals surface area contributed by atoms with E-state index in [1.165, 1.54) is 32.1 Å². The molecule has 2 unspecified atom stereocenters. The first kappa shape index (κ1) is 14.0. The van der Waals surface area contributed by atoms with Crippen LogP contribution in [0, 0.1) is 5.41 Å². The van der Waals surface area contributed by atoms with E-state index in [2.05, 4.69) is 33.0 Å². The molecule has 0 bridgehead atoms. The van der Waals surface area contributed by atoms with Gasteiger partial charge in [0.15, 0.2) is 0 Å². The summed E-state index contributed by atoms with van der Waals surface area (Å²) >= 11 is 0. The molecule has 96 valence electrons. The van der Waals surface area contributed by atoms with Gasteiger partial charge in [-0.2, -0.15) is 0 Å². The van der Waals surface area contributed by atoms with E-state index in [1.807, 2.05) is 0 Å². The Labute approximate surface area is 101 Å². The van der Waals surface area contributed by atoms with Gasteiger partial charge in [0.25, 0.3) is 0 Å². The number of ether oxygens (including phenoxy) is 1. The Hall–Kier alpha value is -0.0800. The first-order chi connectivity index (χ1) is 7.61. The minimum atomic E-state index is 0.395. The Kier molecular flexibility index (Phi) is 5.77. The van der Waals surface area contributed by atoms with Gasteiger partial charge in [-0.3, -0.25) is 0 Å². The van der Waals surface area contributed by atoms with Crippen LogP contribution < -0.4 is 5.32 Å². The van der Waals surface area contributed by atoms with Gasteiger partial charge in [0.2, 0.25) is 0 Å². The SMILES string of the molecule is CCCCOC1CCC(C)(C)C1NCCC. The summed E-state index contributed by atoms with van der Waals surface area (Å²) in [4.78, 5) is 0. The van der Waals surface area contributed by atoms with Crippen molar-refractivity contribution in [2.75, 3.05) is 13.2 Å². The van der Waals surface area contributed by atoms with E-state index in [9.17, 15) is 0 Å². The van der Waals surface area contributed by atoms with Crippen LogP contribution in [0.15, 0.2) is 0 Å². The minimum Gasteiger partial charge on any atom is -0.377 e. The second-order valence-electron chi connectivity index (χ2n) is 5.72. The van der Waals surface area contributed by atoms with E-state index >= 15 is 0 Å². The van der Waals surface area contributed by atoms with Gasteiger partial charge in [-0.05, 0) is 37.6 Å². The Morgan fingerprint density at radius 2 is 2.00 bits per heavy atom. The van der Waals surface area contributed by atoms with E-state index < -0.39 is 0 Å². The molecule has 0 aromatic heterocycles. The summed E-state index contributed by atoms with van der Waals surface area (Å²) in [6, 6.07) is 0.546. The van der Waals surface area contributed by atoms with Crippen LogP contribution >= 0.6 is 0 Å². The smallest absolute Gasteiger partial charge is 0.0733 e. The highest BCUT2D eigenvalue weighted by atomic mass is 16.5. The van der Waals surface area contributed by atoms with Gasteiger partial charge >= 0.3 is 0 Å². The maximum absolute atomic E-state index is 6.03. The molecule has 0 aliphatic heterocycles. The summed E-state index contributed by atoms with van der Waals surface area (Å²) < 4.78 is 6.03. The number of unbranched alkanes of at least 4 members (excludes halogenated alkanes) is 1. The largest absolute Gasteiger partial charge is 0.377 e. The van der Waals surface area contributed by atoms with Gasteiger partial charge in [0.05, 0.1) is 6.10 Å². The lowest BCUT2D eigenvalue weighted by molar-refractivity contribution is 0.0253. The second kappa shape index (κ2) is 6.61. The zero-order chi connectivity index (χ0) is 12.0. The molecule has 0 heterocycles. The summed E-state index contributed by atoms with van der Waals surface area (Å²) in [6.45, 7) is 11.2. The molecular formula is C14H29NO. The first-order valence-electron chi connectivity index (χ1n) is 6.96. The van der Waals surface area contributed by atoms with Crippen LogP contribution in [0.3, 0.4) is 0 Å². The molecular weight excluding hydrogens is 198 g/mol. The predicted octanol–water partition coefficient (Wildman–Crippen LogP) is 3.36. The van der Waals surface area contributed by atoms with Crippen molar-refractivity contribution < 1.29 is 4.74 Å². The molecule has 0 aromatic carbocycles. The Morgan fingerprint density at radius 3 is 2.62 bits per heavy atom. The summed E-state index contributed by atoms with van der Waals surface area (Å²) in [5.74, 6) is 0. The highest BCUT2D eigenvalue weighted by Gasteiger charge is 2.41. The van der Waals surface area contributed by atoms with E-state index in [1.54, 1.807) is 0 Å². The van der Waals surface area contributed by atoms with Gasteiger partial charge in [0.1, 0.15) is 0 Å². The second-order valence-corrected chi connectivity index (χ2v) is 5.72. The van der Waals surface area contributed by atoms with E-state index in [4.69, 9.17) is 4.74 Å². The molecule has 0 spiro atoms. The van der Waals surface area contributed by atoms with E-state index in [0.717, 1.165) is 13.2 Å². The molecule has 16 heavy (non-hydrogen) atoms. The van der Waals surface area contributed by atoms with Gasteiger partial charge in [0, 0.05) is 12.6 Å². The van der Waals surface area contributed by atoms with Crippen LogP contribution in [0.4, 0.5) is 0 Å². The van der Waals surface area contributed by atoms with Crippen molar-refractivity contribution in [1.82, 2.24) is 5.32 Å². The fraction of sp³-hybridized carbons (Fsp3) is 1.00. The molecule has 0 amide bonds.